The lowest BCUT2D eigenvalue weighted by atomic mass is 10.1. The summed E-state index contributed by atoms with van der Waals surface area (Å²) in [6.07, 6.45) is 1.10. The quantitative estimate of drug-likeness (QED) is 0.772. The number of nitrogens with zero attached hydrogens (tertiary/aromatic N) is 3. The van der Waals surface area contributed by atoms with Crippen LogP contribution in [0.4, 0.5) is 0 Å². The molecular weight excluding hydrogens is 322 g/mol. The Morgan fingerprint density at radius 3 is 2.80 bits per heavy atom. The van der Waals surface area contributed by atoms with Crippen LogP contribution in [0.2, 0.25) is 0 Å². The van der Waals surface area contributed by atoms with Crippen LogP contribution in [0.3, 0.4) is 0 Å². The molecule has 1 amide bonds. The Hall–Kier alpha value is -2.83. The van der Waals surface area contributed by atoms with Crippen LogP contribution in [0.25, 0.3) is 0 Å². The molecule has 0 saturated heterocycles. The van der Waals surface area contributed by atoms with Gasteiger partial charge in [0.25, 0.3) is 0 Å². The predicted molar refractivity (Wildman–Crippen MR) is 90.3 cm³/mol. The molecule has 0 spiro atoms. The SMILES string of the molecule is COC(=O)c1cc2n(n1)CCN(C(=O)CCc1cccc(OC)c1)C2. The summed E-state index contributed by atoms with van der Waals surface area (Å²) in [7, 11) is 2.96. The smallest absolute Gasteiger partial charge is 0.358 e. The number of benzene rings is 1. The van der Waals surface area contributed by atoms with E-state index in [1.165, 1.54) is 7.11 Å². The van der Waals surface area contributed by atoms with Crippen molar-refractivity contribution in [3.63, 3.8) is 0 Å². The van der Waals surface area contributed by atoms with Gasteiger partial charge in [0.1, 0.15) is 5.75 Å². The molecule has 3 rings (SSSR count). The van der Waals surface area contributed by atoms with Crippen LogP contribution in [-0.4, -0.2) is 47.3 Å². The summed E-state index contributed by atoms with van der Waals surface area (Å²) in [5, 5.41) is 4.22. The van der Waals surface area contributed by atoms with E-state index in [9.17, 15) is 9.59 Å². The molecule has 0 bridgehead atoms. The van der Waals surface area contributed by atoms with Gasteiger partial charge in [-0.2, -0.15) is 5.10 Å². The molecule has 1 aromatic heterocycles. The Labute approximate surface area is 146 Å². The fourth-order valence-corrected chi connectivity index (χ4v) is 2.92. The summed E-state index contributed by atoms with van der Waals surface area (Å²) >= 11 is 0. The zero-order valence-corrected chi connectivity index (χ0v) is 14.4. The van der Waals surface area contributed by atoms with E-state index in [1.807, 2.05) is 24.3 Å². The Kier molecular flexibility index (Phi) is 5.02. The van der Waals surface area contributed by atoms with Gasteiger partial charge in [0.15, 0.2) is 5.69 Å². The first-order valence-electron chi connectivity index (χ1n) is 8.16. The zero-order chi connectivity index (χ0) is 17.8. The minimum absolute atomic E-state index is 0.0925. The second-order valence-electron chi connectivity index (χ2n) is 5.90. The molecule has 0 atom stereocenters. The van der Waals surface area contributed by atoms with Crippen molar-refractivity contribution in [2.45, 2.75) is 25.9 Å². The number of amides is 1. The summed E-state index contributed by atoms with van der Waals surface area (Å²) < 4.78 is 11.7. The average molecular weight is 343 g/mol. The molecule has 7 nitrogen and oxygen atoms in total. The molecule has 2 heterocycles. The highest BCUT2D eigenvalue weighted by Gasteiger charge is 2.24. The standard InChI is InChI=1S/C18H21N3O4/c1-24-15-5-3-4-13(10-15)6-7-17(22)20-8-9-21-14(12-20)11-16(19-21)18(23)25-2/h3-5,10-11H,6-9,12H2,1-2H3. The second kappa shape index (κ2) is 7.38. The van der Waals surface area contributed by atoms with Gasteiger partial charge in [-0.15, -0.1) is 0 Å². The molecule has 1 aromatic carbocycles. The van der Waals surface area contributed by atoms with E-state index in [-0.39, 0.29) is 11.6 Å². The molecule has 1 aliphatic heterocycles. The van der Waals surface area contributed by atoms with Crippen molar-refractivity contribution in [3.05, 3.63) is 47.3 Å². The highest BCUT2D eigenvalue weighted by Crippen LogP contribution is 2.17. The Morgan fingerprint density at radius 1 is 1.20 bits per heavy atom. The maximum absolute atomic E-state index is 12.5. The molecule has 25 heavy (non-hydrogen) atoms. The molecule has 0 unspecified atom stereocenters. The number of carbonyl (C=O) groups excluding carboxylic acids is 2. The topological polar surface area (TPSA) is 73.7 Å². The first-order chi connectivity index (χ1) is 12.1. The highest BCUT2D eigenvalue weighted by molar-refractivity contribution is 5.87. The predicted octanol–water partition coefficient (Wildman–Crippen LogP) is 1.65. The maximum atomic E-state index is 12.5. The van der Waals surface area contributed by atoms with Crippen molar-refractivity contribution < 1.29 is 19.1 Å². The summed E-state index contributed by atoms with van der Waals surface area (Å²) in [6, 6.07) is 9.43. The molecule has 0 radical (unpaired) electrons. The number of methoxy groups -OCH3 is 2. The number of fused-ring (bicyclic) bond motifs is 1. The van der Waals surface area contributed by atoms with Crippen LogP contribution >= 0.6 is 0 Å². The Balaban J connectivity index is 1.60. The Morgan fingerprint density at radius 2 is 2.04 bits per heavy atom. The number of aryl methyl sites for hydroxylation is 1. The second-order valence-corrected chi connectivity index (χ2v) is 5.90. The van der Waals surface area contributed by atoms with Crippen molar-refractivity contribution in [2.75, 3.05) is 20.8 Å². The van der Waals surface area contributed by atoms with Crippen LogP contribution < -0.4 is 4.74 Å². The molecule has 0 aliphatic carbocycles. The molecule has 0 N–H and O–H groups in total. The van der Waals surface area contributed by atoms with Gasteiger partial charge in [-0.3, -0.25) is 9.48 Å². The number of carbonyl (C=O) groups is 2. The third-order valence-corrected chi connectivity index (χ3v) is 4.31. The number of hydrogen-bond acceptors (Lipinski definition) is 5. The fraction of sp³-hybridized carbons (Fsp3) is 0.389. The van der Waals surface area contributed by atoms with Gasteiger partial charge < -0.3 is 14.4 Å². The van der Waals surface area contributed by atoms with E-state index in [0.717, 1.165) is 17.0 Å². The van der Waals surface area contributed by atoms with Crippen molar-refractivity contribution in [1.82, 2.24) is 14.7 Å². The molecule has 132 valence electrons. The molecule has 1 aliphatic rings. The third kappa shape index (κ3) is 3.81. The highest BCUT2D eigenvalue weighted by atomic mass is 16.5. The number of rotatable bonds is 5. The average Bonchev–Trinajstić information content (AvgIpc) is 3.08. The van der Waals surface area contributed by atoms with E-state index in [0.29, 0.717) is 32.5 Å². The Bertz CT molecular complexity index is 784. The van der Waals surface area contributed by atoms with Gasteiger partial charge in [-0.05, 0) is 30.2 Å². The van der Waals surface area contributed by atoms with Crippen LogP contribution in [0, 0.1) is 0 Å². The van der Waals surface area contributed by atoms with E-state index in [1.54, 1.807) is 22.8 Å². The van der Waals surface area contributed by atoms with Gasteiger partial charge in [-0.1, -0.05) is 12.1 Å². The fourth-order valence-electron chi connectivity index (χ4n) is 2.92. The molecule has 7 heteroatoms. The van der Waals surface area contributed by atoms with Crippen molar-refractivity contribution in [3.8, 4) is 5.75 Å². The first-order valence-corrected chi connectivity index (χ1v) is 8.16. The van der Waals surface area contributed by atoms with Crippen molar-refractivity contribution in [2.24, 2.45) is 0 Å². The monoisotopic (exact) mass is 343 g/mol. The molecular formula is C18H21N3O4. The van der Waals surface area contributed by atoms with E-state index < -0.39 is 5.97 Å². The van der Waals surface area contributed by atoms with Crippen molar-refractivity contribution >= 4 is 11.9 Å². The van der Waals surface area contributed by atoms with Crippen LogP contribution in [-0.2, 0) is 29.0 Å². The number of hydrogen-bond donors (Lipinski definition) is 0. The van der Waals surface area contributed by atoms with Gasteiger partial charge >= 0.3 is 5.97 Å². The lowest BCUT2D eigenvalue weighted by molar-refractivity contribution is -0.132. The summed E-state index contributed by atoms with van der Waals surface area (Å²) in [4.78, 5) is 25.9. The zero-order valence-electron chi connectivity index (χ0n) is 14.4. The number of aromatic nitrogens is 2. The third-order valence-electron chi connectivity index (χ3n) is 4.31. The first kappa shape index (κ1) is 17.0. The minimum Gasteiger partial charge on any atom is -0.497 e. The number of ether oxygens (including phenoxy) is 2. The maximum Gasteiger partial charge on any atom is 0.358 e. The number of esters is 1. The van der Waals surface area contributed by atoms with E-state index in [2.05, 4.69) is 9.84 Å². The van der Waals surface area contributed by atoms with Gasteiger partial charge in [-0.25, -0.2) is 4.79 Å². The largest absolute Gasteiger partial charge is 0.497 e. The molecule has 0 saturated carbocycles. The van der Waals surface area contributed by atoms with Crippen molar-refractivity contribution in [1.29, 1.82) is 0 Å². The summed E-state index contributed by atoms with van der Waals surface area (Å²) in [5.41, 5.74) is 2.20. The van der Waals surface area contributed by atoms with Crippen LogP contribution in [0.1, 0.15) is 28.2 Å². The van der Waals surface area contributed by atoms with Gasteiger partial charge in [0.05, 0.1) is 33.0 Å². The van der Waals surface area contributed by atoms with Gasteiger partial charge in [0, 0.05) is 13.0 Å². The van der Waals surface area contributed by atoms with E-state index >= 15 is 0 Å². The summed E-state index contributed by atoms with van der Waals surface area (Å²) in [6.45, 7) is 1.63. The molecule has 2 aromatic rings. The molecule has 0 fully saturated rings. The van der Waals surface area contributed by atoms with Gasteiger partial charge in [0.2, 0.25) is 5.91 Å². The summed E-state index contributed by atoms with van der Waals surface area (Å²) in [5.74, 6) is 0.426. The minimum atomic E-state index is -0.460. The van der Waals surface area contributed by atoms with E-state index in [4.69, 9.17) is 4.74 Å². The normalized spacial score (nSPS) is 13.3. The van der Waals surface area contributed by atoms with Crippen LogP contribution in [0.15, 0.2) is 30.3 Å². The lowest BCUT2D eigenvalue weighted by Crippen LogP contribution is -2.38. The van der Waals surface area contributed by atoms with Crippen LogP contribution in [0.5, 0.6) is 5.75 Å². The lowest BCUT2D eigenvalue weighted by Gasteiger charge is -2.27.